The van der Waals surface area contributed by atoms with E-state index in [1.54, 1.807) is 7.11 Å². The fraction of sp³-hybridized carbons (Fsp3) is 0.118. The van der Waals surface area contributed by atoms with Crippen molar-refractivity contribution >= 4 is 16.5 Å². The zero-order chi connectivity index (χ0) is 13.8. The number of nitrogens with one attached hydrogen (secondary N) is 1. The number of rotatable bonds is 4. The third kappa shape index (κ3) is 2.57. The van der Waals surface area contributed by atoms with Crippen LogP contribution in [0.5, 0.6) is 5.75 Å². The van der Waals surface area contributed by atoms with Gasteiger partial charge in [-0.15, -0.1) is 0 Å². The maximum absolute atomic E-state index is 5.23. The van der Waals surface area contributed by atoms with Crippen LogP contribution >= 0.6 is 0 Å². The maximum Gasteiger partial charge on any atom is 0.120 e. The minimum absolute atomic E-state index is 0.772. The molecule has 0 aliphatic heterocycles. The SMILES string of the molecule is COc1cccc(NCc2cccc3cnccc23)c1. The number of anilines is 1. The first-order valence-corrected chi connectivity index (χ1v) is 6.56. The van der Waals surface area contributed by atoms with Gasteiger partial charge in [-0.05, 0) is 29.1 Å². The Labute approximate surface area is 118 Å². The van der Waals surface area contributed by atoms with E-state index in [1.807, 2.05) is 36.7 Å². The molecule has 0 atom stereocenters. The van der Waals surface area contributed by atoms with Gasteiger partial charge in [0.15, 0.2) is 0 Å². The van der Waals surface area contributed by atoms with E-state index in [0.29, 0.717) is 0 Å². The molecule has 3 nitrogen and oxygen atoms in total. The van der Waals surface area contributed by atoms with Crippen LogP contribution < -0.4 is 10.1 Å². The lowest BCUT2D eigenvalue weighted by atomic mass is 10.1. The predicted octanol–water partition coefficient (Wildman–Crippen LogP) is 3.86. The van der Waals surface area contributed by atoms with Gasteiger partial charge in [0, 0.05) is 36.1 Å². The monoisotopic (exact) mass is 264 g/mol. The van der Waals surface area contributed by atoms with Crippen molar-refractivity contribution in [2.45, 2.75) is 6.54 Å². The topological polar surface area (TPSA) is 34.1 Å². The van der Waals surface area contributed by atoms with E-state index >= 15 is 0 Å². The molecule has 20 heavy (non-hydrogen) atoms. The number of pyridine rings is 1. The number of fused-ring (bicyclic) bond motifs is 1. The highest BCUT2D eigenvalue weighted by Crippen LogP contribution is 2.21. The van der Waals surface area contributed by atoms with E-state index in [-0.39, 0.29) is 0 Å². The number of ether oxygens (including phenoxy) is 1. The lowest BCUT2D eigenvalue weighted by Crippen LogP contribution is -2.00. The number of aromatic nitrogens is 1. The van der Waals surface area contributed by atoms with Gasteiger partial charge < -0.3 is 10.1 Å². The smallest absolute Gasteiger partial charge is 0.120 e. The van der Waals surface area contributed by atoms with E-state index in [0.717, 1.165) is 23.4 Å². The van der Waals surface area contributed by atoms with Gasteiger partial charge in [0.25, 0.3) is 0 Å². The number of nitrogens with zero attached hydrogens (tertiary/aromatic N) is 1. The first-order chi connectivity index (χ1) is 9.86. The highest BCUT2D eigenvalue weighted by molar-refractivity contribution is 5.84. The fourth-order valence-corrected chi connectivity index (χ4v) is 2.27. The highest BCUT2D eigenvalue weighted by atomic mass is 16.5. The normalized spacial score (nSPS) is 10.4. The van der Waals surface area contributed by atoms with Crippen LogP contribution in [0.2, 0.25) is 0 Å². The largest absolute Gasteiger partial charge is 0.497 e. The zero-order valence-corrected chi connectivity index (χ0v) is 11.3. The van der Waals surface area contributed by atoms with E-state index in [4.69, 9.17) is 4.74 Å². The summed E-state index contributed by atoms with van der Waals surface area (Å²) >= 11 is 0. The molecule has 0 bridgehead atoms. The van der Waals surface area contributed by atoms with Gasteiger partial charge in [-0.3, -0.25) is 4.98 Å². The van der Waals surface area contributed by atoms with E-state index in [2.05, 4.69) is 34.6 Å². The van der Waals surface area contributed by atoms with Crippen LogP contribution in [-0.2, 0) is 6.54 Å². The van der Waals surface area contributed by atoms with Crippen molar-refractivity contribution in [1.29, 1.82) is 0 Å². The molecule has 1 N–H and O–H groups in total. The maximum atomic E-state index is 5.23. The molecule has 3 aromatic rings. The van der Waals surface area contributed by atoms with Gasteiger partial charge in [-0.25, -0.2) is 0 Å². The van der Waals surface area contributed by atoms with Crippen LogP contribution in [0.4, 0.5) is 5.69 Å². The molecule has 1 heterocycles. The minimum atomic E-state index is 0.772. The zero-order valence-electron chi connectivity index (χ0n) is 11.3. The van der Waals surface area contributed by atoms with Gasteiger partial charge in [-0.2, -0.15) is 0 Å². The fourth-order valence-electron chi connectivity index (χ4n) is 2.27. The summed E-state index contributed by atoms with van der Waals surface area (Å²) in [5.41, 5.74) is 2.31. The highest BCUT2D eigenvalue weighted by Gasteiger charge is 2.01. The quantitative estimate of drug-likeness (QED) is 0.777. The Morgan fingerprint density at radius 1 is 1.10 bits per heavy atom. The van der Waals surface area contributed by atoms with Crippen molar-refractivity contribution in [3.8, 4) is 5.75 Å². The summed E-state index contributed by atoms with van der Waals surface area (Å²) in [6.07, 6.45) is 3.72. The van der Waals surface area contributed by atoms with Crippen molar-refractivity contribution in [2.24, 2.45) is 0 Å². The molecular formula is C17H16N2O. The first kappa shape index (κ1) is 12.5. The van der Waals surface area contributed by atoms with E-state index < -0.39 is 0 Å². The Balaban J connectivity index is 1.83. The molecule has 0 fully saturated rings. The Morgan fingerprint density at radius 2 is 2.00 bits per heavy atom. The van der Waals surface area contributed by atoms with E-state index in [9.17, 15) is 0 Å². The molecule has 100 valence electrons. The molecule has 0 saturated heterocycles. The van der Waals surface area contributed by atoms with Gasteiger partial charge in [0.2, 0.25) is 0 Å². The average molecular weight is 264 g/mol. The van der Waals surface area contributed by atoms with Crippen LogP contribution in [0.15, 0.2) is 60.9 Å². The molecular weight excluding hydrogens is 248 g/mol. The lowest BCUT2D eigenvalue weighted by molar-refractivity contribution is 0.415. The molecule has 0 aliphatic carbocycles. The van der Waals surface area contributed by atoms with Crippen molar-refractivity contribution in [3.05, 3.63) is 66.5 Å². The molecule has 0 unspecified atom stereocenters. The summed E-state index contributed by atoms with van der Waals surface area (Å²) in [6, 6.07) is 16.3. The van der Waals surface area contributed by atoms with Crippen LogP contribution in [0, 0.1) is 0 Å². The Morgan fingerprint density at radius 3 is 2.90 bits per heavy atom. The summed E-state index contributed by atoms with van der Waals surface area (Å²) in [7, 11) is 1.68. The molecule has 0 radical (unpaired) electrons. The molecule has 0 amide bonds. The third-order valence-corrected chi connectivity index (χ3v) is 3.32. The second-order valence-corrected chi connectivity index (χ2v) is 4.60. The first-order valence-electron chi connectivity index (χ1n) is 6.56. The molecule has 0 aliphatic rings. The molecule has 1 aromatic heterocycles. The molecule has 0 spiro atoms. The van der Waals surface area contributed by atoms with Crippen LogP contribution in [0.3, 0.4) is 0 Å². The van der Waals surface area contributed by atoms with Gasteiger partial charge in [-0.1, -0.05) is 24.3 Å². The predicted molar refractivity (Wildman–Crippen MR) is 82.1 cm³/mol. The van der Waals surface area contributed by atoms with Crippen LogP contribution in [-0.4, -0.2) is 12.1 Å². The number of methoxy groups -OCH3 is 1. The summed E-state index contributed by atoms with van der Waals surface area (Å²) in [5.74, 6) is 0.858. The lowest BCUT2D eigenvalue weighted by Gasteiger charge is -2.10. The molecule has 3 rings (SSSR count). The van der Waals surface area contributed by atoms with Crippen molar-refractivity contribution < 1.29 is 4.74 Å². The van der Waals surface area contributed by atoms with Crippen molar-refractivity contribution in [2.75, 3.05) is 12.4 Å². The Kier molecular flexibility index (Phi) is 3.50. The summed E-state index contributed by atoms with van der Waals surface area (Å²) < 4.78 is 5.23. The Hall–Kier alpha value is -2.55. The average Bonchev–Trinajstić information content (AvgIpc) is 2.53. The van der Waals surface area contributed by atoms with Gasteiger partial charge in [0.1, 0.15) is 5.75 Å². The third-order valence-electron chi connectivity index (χ3n) is 3.32. The molecule has 0 saturated carbocycles. The van der Waals surface area contributed by atoms with Crippen LogP contribution in [0.1, 0.15) is 5.56 Å². The van der Waals surface area contributed by atoms with Gasteiger partial charge in [0.05, 0.1) is 7.11 Å². The second kappa shape index (κ2) is 5.61. The Bertz CT molecular complexity index is 720. The van der Waals surface area contributed by atoms with Crippen LogP contribution in [0.25, 0.3) is 10.8 Å². The van der Waals surface area contributed by atoms with E-state index in [1.165, 1.54) is 10.9 Å². The molecule has 3 heteroatoms. The minimum Gasteiger partial charge on any atom is -0.497 e. The summed E-state index contributed by atoms with van der Waals surface area (Å²) in [4.78, 5) is 4.16. The number of benzene rings is 2. The second-order valence-electron chi connectivity index (χ2n) is 4.60. The van der Waals surface area contributed by atoms with Crippen molar-refractivity contribution in [1.82, 2.24) is 4.98 Å². The molecule has 2 aromatic carbocycles. The van der Waals surface area contributed by atoms with Crippen molar-refractivity contribution in [3.63, 3.8) is 0 Å². The summed E-state index contributed by atoms with van der Waals surface area (Å²) in [6.45, 7) is 0.772. The van der Waals surface area contributed by atoms with Gasteiger partial charge >= 0.3 is 0 Å². The number of hydrogen-bond acceptors (Lipinski definition) is 3. The summed E-state index contributed by atoms with van der Waals surface area (Å²) in [5, 5.41) is 5.83. The standard InChI is InChI=1S/C17H16N2O/c1-20-16-7-3-6-15(10-16)19-12-14-5-2-4-13-11-18-9-8-17(13)14/h2-11,19H,12H2,1H3. The number of hydrogen-bond donors (Lipinski definition) is 1.